The van der Waals surface area contributed by atoms with Crippen LogP contribution in [-0.2, 0) is 6.54 Å². The van der Waals surface area contributed by atoms with E-state index in [0.29, 0.717) is 29.2 Å². The minimum Gasteiger partial charge on any atom is -0.370 e. The lowest BCUT2D eigenvalue weighted by atomic mass is 10.1. The van der Waals surface area contributed by atoms with Gasteiger partial charge in [0, 0.05) is 61.8 Å². The second-order valence-corrected chi connectivity index (χ2v) is 10.4. The summed E-state index contributed by atoms with van der Waals surface area (Å²) in [7, 11) is 2.00. The Balaban J connectivity index is 0.000000505. The molecule has 1 fully saturated rings. The number of aromatic nitrogens is 3. The van der Waals surface area contributed by atoms with Gasteiger partial charge in [-0.05, 0) is 54.1 Å². The number of benzene rings is 2. The van der Waals surface area contributed by atoms with E-state index in [0.717, 1.165) is 36.1 Å². The standard InChI is InChI=1S/C25H26FN5O.C6H14/c1-17-7-9-30(15-17)24-6-4-21(12-23(24)26)31-10-8-19-11-20(3-5-22(19)25(31)32)29(2)16-18-13-27-28-14-18;1-3-5-6-4-2/h3-6,8,10-14,17H,7,9,15-16H2,1-2H3,(H,27,28);3-6H2,1-2H3. The van der Waals surface area contributed by atoms with Crippen LogP contribution in [0.1, 0.15) is 58.4 Å². The largest absolute Gasteiger partial charge is 0.370 e. The molecule has 5 rings (SSSR count). The average molecular weight is 518 g/mol. The van der Waals surface area contributed by atoms with E-state index in [1.807, 2.05) is 43.6 Å². The normalized spacial score (nSPS) is 15.0. The summed E-state index contributed by atoms with van der Waals surface area (Å²) in [6.45, 7) is 9.09. The third kappa shape index (κ3) is 6.44. The van der Waals surface area contributed by atoms with E-state index in [1.54, 1.807) is 18.5 Å². The molecule has 6 nitrogen and oxygen atoms in total. The molecule has 1 atom stereocenters. The van der Waals surface area contributed by atoms with Crippen LogP contribution in [0.25, 0.3) is 16.5 Å². The van der Waals surface area contributed by atoms with E-state index in [4.69, 9.17) is 0 Å². The Bertz CT molecular complexity index is 1380. The van der Waals surface area contributed by atoms with Crippen LogP contribution in [0.4, 0.5) is 15.8 Å². The van der Waals surface area contributed by atoms with Crippen LogP contribution in [0.15, 0.2) is 65.8 Å². The molecule has 2 aromatic carbocycles. The molecule has 2 aromatic heterocycles. The SMILES string of the molecule is CC1CCN(c2ccc(-n3ccc4cc(N(C)Cc5cn[nH]c5)ccc4c3=O)cc2F)C1.CCCCCC. The van der Waals surface area contributed by atoms with Gasteiger partial charge in [-0.2, -0.15) is 5.10 Å². The number of halogens is 1. The van der Waals surface area contributed by atoms with Crippen LogP contribution in [0.2, 0.25) is 0 Å². The van der Waals surface area contributed by atoms with Gasteiger partial charge in [0.15, 0.2) is 0 Å². The zero-order valence-corrected chi connectivity index (χ0v) is 23.1. The van der Waals surface area contributed by atoms with Crippen molar-refractivity contribution in [2.75, 3.05) is 29.9 Å². The zero-order valence-electron chi connectivity index (χ0n) is 23.1. The first-order valence-corrected chi connectivity index (χ1v) is 13.8. The molecule has 202 valence electrons. The topological polar surface area (TPSA) is 57.2 Å². The summed E-state index contributed by atoms with van der Waals surface area (Å²) in [5.74, 6) is 0.278. The molecule has 1 saturated heterocycles. The van der Waals surface area contributed by atoms with Gasteiger partial charge in [-0.3, -0.25) is 14.5 Å². The molecule has 1 unspecified atom stereocenters. The minimum absolute atomic E-state index is 0.159. The third-order valence-electron chi connectivity index (χ3n) is 7.23. The second-order valence-electron chi connectivity index (χ2n) is 10.4. The molecule has 0 radical (unpaired) electrons. The van der Waals surface area contributed by atoms with Crippen molar-refractivity contribution in [2.24, 2.45) is 5.92 Å². The summed E-state index contributed by atoms with van der Waals surface area (Å²) in [4.78, 5) is 17.3. The van der Waals surface area contributed by atoms with Crippen molar-refractivity contribution in [1.82, 2.24) is 14.8 Å². The summed E-state index contributed by atoms with van der Waals surface area (Å²) in [5, 5.41) is 8.26. The summed E-state index contributed by atoms with van der Waals surface area (Å²) < 4.78 is 16.4. The van der Waals surface area contributed by atoms with Gasteiger partial charge in [0.05, 0.1) is 17.6 Å². The molecule has 7 heteroatoms. The van der Waals surface area contributed by atoms with Gasteiger partial charge in [0.2, 0.25) is 0 Å². The zero-order chi connectivity index (χ0) is 27.1. The van der Waals surface area contributed by atoms with Crippen molar-refractivity contribution in [1.29, 1.82) is 0 Å². The van der Waals surface area contributed by atoms with Gasteiger partial charge in [0.25, 0.3) is 5.56 Å². The number of fused-ring (bicyclic) bond motifs is 1. The number of hydrogen-bond acceptors (Lipinski definition) is 4. The third-order valence-corrected chi connectivity index (χ3v) is 7.23. The number of unbranched alkanes of at least 4 members (excludes halogenated alkanes) is 3. The van der Waals surface area contributed by atoms with Gasteiger partial charge in [-0.1, -0.05) is 46.5 Å². The minimum atomic E-state index is -0.292. The fraction of sp³-hybridized carbons (Fsp3) is 0.419. The van der Waals surface area contributed by atoms with Crippen LogP contribution in [0, 0.1) is 11.7 Å². The number of rotatable bonds is 8. The number of anilines is 2. The highest BCUT2D eigenvalue weighted by Gasteiger charge is 2.21. The number of hydrogen-bond donors (Lipinski definition) is 1. The van der Waals surface area contributed by atoms with Crippen molar-refractivity contribution in [3.8, 4) is 5.69 Å². The Morgan fingerprint density at radius 1 is 1.11 bits per heavy atom. The van der Waals surface area contributed by atoms with Gasteiger partial charge in [-0.25, -0.2) is 4.39 Å². The molecule has 0 spiro atoms. The Morgan fingerprint density at radius 2 is 1.89 bits per heavy atom. The predicted octanol–water partition coefficient (Wildman–Crippen LogP) is 6.92. The van der Waals surface area contributed by atoms with E-state index in [1.165, 1.54) is 36.3 Å². The summed E-state index contributed by atoms with van der Waals surface area (Å²) >= 11 is 0. The molecule has 1 aliphatic rings. The molecule has 1 N–H and O–H groups in total. The molecule has 0 bridgehead atoms. The van der Waals surface area contributed by atoms with E-state index in [2.05, 4.69) is 40.8 Å². The first kappa shape index (κ1) is 27.4. The molecular weight excluding hydrogens is 477 g/mol. The lowest BCUT2D eigenvalue weighted by Crippen LogP contribution is -2.21. The average Bonchev–Trinajstić information content (AvgIpc) is 3.59. The number of nitrogens with zero attached hydrogens (tertiary/aromatic N) is 4. The van der Waals surface area contributed by atoms with E-state index < -0.39 is 0 Å². The van der Waals surface area contributed by atoms with Crippen molar-refractivity contribution >= 4 is 22.1 Å². The summed E-state index contributed by atoms with van der Waals surface area (Å²) in [6, 6.07) is 12.7. The number of pyridine rings is 1. The summed E-state index contributed by atoms with van der Waals surface area (Å²) in [5.41, 5.74) is 3.07. The lowest BCUT2D eigenvalue weighted by Gasteiger charge is -2.20. The fourth-order valence-electron chi connectivity index (χ4n) is 4.96. The molecule has 3 heterocycles. The maximum atomic E-state index is 14.9. The molecule has 0 amide bonds. The fourth-order valence-corrected chi connectivity index (χ4v) is 4.96. The van der Waals surface area contributed by atoms with Crippen LogP contribution >= 0.6 is 0 Å². The second kappa shape index (κ2) is 12.8. The number of H-pyrrole nitrogens is 1. The van der Waals surface area contributed by atoms with Crippen molar-refractivity contribution < 1.29 is 4.39 Å². The van der Waals surface area contributed by atoms with Crippen LogP contribution < -0.4 is 15.4 Å². The van der Waals surface area contributed by atoms with Gasteiger partial charge in [0.1, 0.15) is 5.82 Å². The molecule has 1 aliphatic heterocycles. The Morgan fingerprint density at radius 3 is 2.53 bits per heavy atom. The Labute approximate surface area is 225 Å². The Hall–Kier alpha value is -3.61. The molecule has 0 aliphatic carbocycles. The molecular formula is C31H40FN5O. The maximum absolute atomic E-state index is 14.9. The van der Waals surface area contributed by atoms with Crippen molar-refractivity contribution in [2.45, 2.75) is 59.4 Å². The van der Waals surface area contributed by atoms with Crippen LogP contribution in [0.3, 0.4) is 0 Å². The maximum Gasteiger partial charge on any atom is 0.262 e. The predicted molar refractivity (Wildman–Crippen MR) is 156 cm³/mol. The van der Waals surface area contributed by atoms with Gasteiger partial charge < -0.3 is 9.80 Å². The highest BCUT2D eigenvalue weighted by molar-refractivity contribution is 5.85. The van der Waals surface area contributed by atoms with Gasteiger partial charge >= 0.3 is 0 Å². The van der Waals surface area contributed by atoms with E-state index in [9.17, 15) is 9.18 Å². The quantitative estimate of drug-likeness (QED) is 0.258. The first-order chi connectivity index (χ1) is 18.4. The highest BCUT2D eigenvalue weighted by Crippen LogP contribution is 2.28. The monoisotopic (exact) mass is 517 g/mol. The first-order valence-electron chi connectivity index (χ1n) is 13.8. The number of nitrogens with one attached hydrogen (secondary N) is 1. The van der Waals surface area contributed by atoms with Crippen LogP contribution in [-0.4, -0.2) is 34.9 Å². The van der Waals surface area contributed by atoms with Crippen molar-refractivity contribution in [3.63, 3.8) is 0 Å². The van der Waals surface area contributed by atoms with Crippen molar-refractivity contribution in [3.05, 3.63) is 82.8 Å². The molecule has 0 saturated carbocycles. The Kier molecular flexibility index (Phi) is 9.21. The lowest BCUT2D eigenvalue weighted by molar-refractivity contribution is 0.618. The smallest absolute Gasteiger partial charge is 0.262 e. The molecule has 38 heavy (non-hydrogen) atoms. The summed E-state index contributed by atoms with van der Waals surface area (Å²) in [6.07, 6.45) is 12.0. The number of aromatic amines is 1. The van der Waals surface area contributed by atoms with Gasteiger partial charge in [-0.15, -0.1) is 0 Å². The van der Waals surface area contributed by atoms with E-state index in [-0.39, 0.29) is 11.4 Å². The van der Waals surface area contributed by atoms with Crippen LogP contribution in [0.5, 0.6) is 0 Å². The van der Waals surface area contributed by atoms with E-state index >= 15 is 0 Å². The highest BCUT2D eigenvalue weighted by atomic mass is 19.1. The molecule has 4 aromatic rings.